The predicted molar refractivity (Wildman–Crippen MR) is 63.8 cm³/mol. The zero-order valence-corrected chi connectivity index (χ0v) is 10.8. The summed E-state index contributed by atoms with van der Waals surface area (Å²) in [6.45, 7) is 5.34. The van der Waals surface area contributed by atoms with E-state index in [-0.39, 0.29) is 5.82 Å². The number of nitrogens with two attached hydrogens (primary N) is 1. The molecule has 1 aromatic rings. The van der Waals surface area contributed by atoms with Gasteiger partial charge < -0.3 is 5.73 Å². The largest absolute Gasteiger partial charge is 0.383 e. The number of nitrogen functional groups attached to an aromatic ring is 1. The van der Waals surface area contributed by atoms with Crippen LogP contribution < -0.4 is 5.73 Å². The van der Waals surface area contributed by atoms with E-state index in [1.54, 1.807) is 6.92 Å². The fourth-order valence-electron chi connectivity index (χ4n) is 1.45. The molecule has 0 aliphatic carbocycles. The number of nitrogens with zero attached hydrogens (tertiary/aromatic N) is 2. The molecule has 0 spiro atoms. The molecule has 1 aromatic heterocycles. The quantitative estimate of drug-likeness (QED) is 0.857. The molecule has 1 atom stereocenters. The first kappa shape index (κ1) is 12.9. The van der Waals surface area contributed by atoms with Crippen LogP contribution >= 0.6 is 0 Å². The lowest BCUT2D eigenvalue weighted by molar-refractivity contribution is 0.589. The van der Waals surface area contributed by atoms with Gasteiger partial charge in [-0.15, -0.1) is 0 Å². The summed E-state index contributed by atoms with van der Waals surface area (Å²) in [6, 6.07) is 0. The number of hydrogen-bond donors (Lipinski definition) is 1. The summed E-state index contributed by atoms with van der Waals surface area (Å²) in [4.78, 5) is 8.26. The highest BCUT2D eigenvalue weighted by Crippen LogP contribution is 2.21. The van der Waals surface area contributed by atoms with Crippen molar-refractivity contribution < 1.29 is 8.42 Å². The lowest BCUT2D eigenvalue weighted by atomic mass is 10.1. The molecule has 0 saturated heterocycles. The van der Waals surface area contributed by atoms with Crippen LogP contribution in [0.1, 0.15) is 36.2 Å². The Hall–Kier alpha value is -1.17. The van der Waals surface area contributed by atoms with Gasteiger partial charge in [0.25, 0.3) is 0 Å². The van der Waals surface area contributed by atoms with Crippen molar-refractivity contribution in [3.8, 4) is 0 Å². The lowest BCUT2D eigenvalue weighted by Crippen LogP contribution is -2.14. The molecular weight excluding hydrogens is 226 g/mol. The van der Waals surface area contributed by atoms with Crippen LogP contribution in [0, 0.1) is 6.92 Å². The van der Waals surface area contributed by atoms with E-state index in [1.165, 1.54) is 6.26 Å². The van der Waals surface area contributed by atoms with Gasteiger partial charge in [-0.1, -0.05) is 6.92 Å². The molecule has 1 unspecified atom stereocenters. The molecule has 0 radical (unpaired) electrons. The molecule has 0 aromatic carbocycles. The summed E-state index contributed by atoms with van der Waals surface area (Å²) in [5.74, 6) is 0.648. The summed E-state index contributed by atoms with van der Waals surface area (Å²) in [5.41, 5.74) is 7.40. The maximum absolute atomic E-state index is 11.4. The molecule has 90 valence electrons. The minimum Gasteiger partial charge on any atom is -0.383 e. The average Bonchev–Trinajstić information content (AvgIpc) is 2.14. The molecule has 0 fully saturated rings. The van der Waals surface area contributed by atoms with Gasteiger partial charge in [-0.05, 0) is 20.3 Å². The van der Waals surface area contributed by atoms with Gasteiger partial charge in [-0.3, -0.25) is 0 Å². The summed E-state index contributed by atoms with van der Waals surface area (Å²) < 4.78 is 22.8. The van der Waals surface area contributed by atoms with Gasteiger partial charge in [-0.25, -0.2) is 18.4 Å². The average molecular weight is 243 g/mol. The fraction of sp³-hybridized carbons (Fsp3) is 0.600. The van der Waals surface area contributed by atoms with Crippen molar-refractivity contribution in [2.45, 2.75) is 32.4 Å². The van der Waals surface area contributed by atoms with Crippen LogP contribution in [-0.4, -0.2) is 24.6 Å². The van der Waals surface area contributed by atoms with Gasteiger partial charge in [0, 0.05) is 17.5 Å². The van der Waals surface area contributed by atoms with E-state index in [0.29, 0.717) is 5.82 Å². The summed E-state index contributed by atoms with van der Waals surface area (Å²) in [6.07, 6.45) is 1.91. The Morgan fingerprint density at radius 1 is 1.38 bits per heavy atom. The predicted octanol–water partition coefficient (Wildman–Crippen LogP) is 1.04. The Labute approximate surface area is 96.0 Å². The van der Waals surface area contributed by atoms with Crippen LogP contribution in [0.2, 0.25) is 0 Å². The molecule has 0 amide bonds. The van der Waals surface area contributed by atoms with Crippen molar-refractivity contribution in [3.63, 3.8) is 0 Å². The van der Waals surface area contributed by atoms with E-state index < -0.39 is 15.1 Å². The Morgan fingerprint density at radius 2 is 1.94 bits per heavy atom. The van der Waals surface area contributed by atoms with Crippen LogP contribution in [0.3, 0.4) is 0 Å². The summed E-state index contributed by atoms with van der Waals surface area (Å²) >= 11 is 0. The number of anilines is 1. The molecule has 0 aliphatic heterocycles. The molecule has 0 bridgehead atoms. The molecule has 6 heteroatoms. The SMILES string of the molecule is CCc1c(C)nc(C(C)S(C)(=O)=O)nc1N. The number of aromatic nitrogens is 2. The number of rotatable bonds is 3. The molecule has 5 nitrogen and oxygen atoms in total. The van der Waals surface area contributed by atoms with Crippen molar-refractivity contribution in [1.82, 2.24) is 9.97 Å². The number of sulfone groups is 1. The van der Waals surface area contributed by atoms with Crippen molar-refractivity contribution >= 4 is 15.7 Å². The third-order valence-electron chi connectivity index (χ3n) is 2.62. The van der Waals surface area contributed by atoms with Crippen molar-refractivity contribution in [1.29, 1.82) is 0 Å². The maximum atomic E-state index is 11.4. The van der Waals surface area contributed by atoms with Gasteiger partial charge in [0.15, 0.2) is 9.84 Å². The van der Waals surface area contributed by atoms with Crippen LogP contribution in [-0.2, 0) is 16.3 Å². The second kappa shape index (κ2) is 4.37. The normalized spacial score (nSPS) is 13.8. The topological polar surface area (TPSA) is 85.9 Å². The van der Waals surface area contributed by atoms with Crippen LogP contribution in [0.4, 0.5) is 5.82 Å². The fourth-order valence-corrected chi connectivity index (χ4v) is 1.94. The zero-order valence-electron chi connectivity index (χ0n) is 9.98. The van der Waals surface area contributed by atoms with Crippen molar-refractivity contribution in [2.24, 2.45) is 0 Å². The molecule has 0 aliphatic rings. The van der Waals surface area contributed by atoms with Gasteiger partial charge in [0.2, 0.25) is 0 Å². The minimum absolute atomic E-state index is 0.273. The van der Waals surface area contributed by atoms with Crippen LogP contribution in [0.5, 0.6) is 0 Å². The third-order valence-corrected chi connectivity index (χ3v) is 4.12. The first-order valence-corrected chi connectivity index (χ1v) is 7.04. The van der Waals surface area contributed by atoms with E-state index in [2.05, 4.69) is 9.97 Å². The highest BCUT2D eigenvalue weighted by molar-refractivity contribution is 7.90. The highest BCUT2D eigenvalue weighted by Gasteiger charge is 2.21. The summed E-state index contributed by atoms with van der Waals surface area (Å²) in [5, 5.41) is -0.723. The molecule has 16 heavy (non-hydrogen) atoms. The van der Waals surface area contributed by atoms with Crippen molar-refractivity contribution in [3.05, 3.63) is 17.1 Å². The third kappa shape index (κ3) is 2.49. The van der Waals surface area contributed by atoms with E-state index in [9.17, 15) is 8.42 Å². The lowest BCUT2D eigenvalue weighted by Gasteiger charge is -2.12. The second-order valence-corrected chi connectivity index (χ2v) is 6.22. The standard InChI is InChI=1S/C10H17N3O2S/c1-5-8-6(2)12-10(13-9(8)11)7(3)16(4,14)15/h7H,5H2,1-4H3,(H2,11,12,13). The number of hydrogen-bond acceptors (Lipinski definition) is 5. The first-order chi connectivity index (χ1) is 7.27. The first-order valence-electron chi connectivity index (χ1n) is 5.09. The molecule has 0 saturated carbocycles. The van der Waals surface area contributed by atoms with Crippen LogP contribution in [0.25, 0.3) is 0 Å². The smallest absolute Gasteiger partial charge is 0.157 e. The van der Waals surface area contributed by atoms with Gasteiger partial charge in [0.1, 0.15) is 16.9 Å². The monoisotopic (exact) mass is 243 g/mol. The van der Waals surface area contributed by atoms with Gasteiger partial charge in [-0.2, -0.15) is 0 Å². The van der Waals surface area contributed by atoms with Crippen LogP contribution in [0.15, 0.2) is 0 Å². The summed E-state index contributed by atoms with van der Waals surface area (Å²) in [7, 11) is -3.19. The van der Waals surface area contributed by atoms with Gasteiger partial charge in [0.05, 0.1) is 0 Å². The Bertz CT molecular complexity index is 474. The van der Waals surface area contributed by atoms with E-state index >= 15 is 0 Å². The molecule has 2 N–H and O–H groups in total. The maximum Gasteiger partial charge on any atom is 0.157 e. The Morgan fingerprint density at radius 3 is 2.31 bits per heavy atom. The highest BCUT2D eigenvalue weighted by atomic mass is 32.2. The number of aryl methyl sites for hydroxylation is 1. The second-order valence-electron chi connectivity index (χ2n) is 3.86. The molecule has 1 heterocycles. The van der Waals surface area contributed by atoms with Gasteiger partial charge >= 0.3 is 0 Å². The zero-order chi connectivity index (χ0) is 12.5. The van der Waals surface area contributed by atoms with E-state index in [1.807, 2.05) is 13.8 Å². The Kier molecular flexibility index (Phi) is 3.52. The van der Waals surface area contributed by atoms with Crippen molar-refractivity contribution in [2.75, 3.05) is 12.0 Å². The molecule has 1 rings (SSSR count). The Balaban J connectivity index is 3.29. The van der Waals surface area contributed by atoms with E-state index in [4.69, 9.17) is 5.73 Å². The minimum atomic E-state index is -3.19. The molecular formula is C10H17N3O2S. The van der Waals surface area contributed by atoms with E-state index in [0.717, 1.165) is 17.7 Å².